The maximum atomic E-state index is 11.3. The lowest BCUT2D eigenvalue weighted by Gasteiger charge is -2.08. The van der Waals surface area contributed by atoms with Crippen LogP contribution in [0.3, 0.4) is 0 Å². The Morgan fingerprint density at radius 2 is 2.00 bits per heavy atom. The first kappa shape index (κ1) is 12.6. The number of carboxylic acids is 1. The highest BCUT2D eigenvalue weighted by Gasteiger charge is 2.13. The Labute approximate surface area is 98.0 Å². The molecule has 0 aliphatic heterocycles. The van der Waals surface area contributed by atoms with Gasteiger partial charge in [-0.1, -0.05) is 42.1 Å². The molecule has 0 unspecified atom stereocenters. The molecule has 0 saturated carbocycles. The second-order valence-electron chi connectivity index (χ2n) is 3.27. The number of nitrogens with one attached hydrogen (secondary N) is 1. The summed E-state index contributed by atoms with van der Waals surface area (Å²) in [5, 5.41) is 10.6. The van der Waals surface area contributed by atoms with Gasteiger partial charge in [-0.05, 0) is 12.5 Å². The fourth-order valence-electron chi connectivity index (χ4n) is 1.00. The van der Waals surface area contributed by atoms with Gasteiger partial charge in [-0.3, -0.25) is 9.59 Å². The van der Waals surface area contributed by atoms with Crippen molar-refractivity contribution in [2.75, 3.05) is 0 Å². The van der Waals surface area contributed by atoms with E-state index in [0.717, 1.165) is 17.3 Å². The Kier molecular flexibility index (Phi) is 4.85. The van der Waals surface area contributed by atoms with Gasteiger partial charge in [0.15, 0.2) is 0 Å². The molecule has 0 aliphatic rings. The molecular formula is C11H13NO3S. The lowest BCUT2D eigenvalue weighted by Crippen LogP contribution is -2.36. The molecule has 4 nitrogen and oxygen atoms in total. The molecule has 0 fully saturated rings. The summed E-state index contributed by atoms with van der Waals surface area (Å²) >= 11 is 1.06. The standard InChI is InChI=1S/C11H13NO3S/c1-8(10(13)14)12-11(15)16-7-9-5-3-2-4-6-9/h2-6,8H,7H2,1H3,(H,12,15)(H,13,14)/t8-/m1/s1. The molecule has 0 saturated heterocycles. The first-order valence-corrected chi connectivity index (χ1v) is 5.78. The van der Waals surface area contributed by atoms with Crippen molar-refractivity contribution in [1.29, 1.82) is 0 Å². The van der Waals surface area contributed by atoms with Crippen molar-refractivity contribution < 1.29 is 14.7 Å². The predicted octanol–water partition coefficient (Wildman–Crippen LogP) is 2.10. The van der Waals surface area contributed by atoms with Crippen LogP contribution in [-0.4, -0.2) is 22.4 Å². The van der Waals surface area contributed by atoms with Crippen LogP contribution >= 0.6 is 11.8 Å². The summed E-state index contributed by atoms with van der Waals surface area (Å²) in [6, 6.07) is 8.68. The van der Waals surface area contributed by atoms with Crippen LogP contribution in [-0.2, 0) is 10.5 Å². The Morgan fingerprint density at radius 1 is 1.38 bits per heavy atom. The summed E-state index contributed by atoms with van der Waals surface area (Å²) in [4.78, 5) is 21.8. The molecule has 2 N–H and O–H groups in total. The molecule has 1 aromatic carbocycles. The molecule has 1 amide bonds. The van der Waals surface area contributed by atoms with Crippen LogP contribution in [0.1, 0.15) is 12.5 Å². The zero-order valence-corrected chi connectivity index (χ0v) is 9.66. The first-order valence-electron chi connectivity index (χ1n) is 4.79. The van der Waals surface area contributed by atoms with E-state index in [1.54, 1.807) is 0 Å². The van der Waals surface area contributed by atoms with E-state index < -0.39 is 12.0 Å². The molecular weight excluding hydrogens is 226 g/mol. The Bertz CT molecular complexity index is 367. The van der Waals surface area contributed by atoms with Gasteiger partial charge in [0.1, 0.15) is 6.04 Å². The van der Waals surface area contributed by atoms with Gasteiger partial charge in [-0.2, -0.15) is 0 Å². The minimum atomic E-state index is -1.03. The topological polar surface area (TPSA) is 66.4 Å². The minimum Gasteiger partial charge on any atom is -0.480 e. The Hall–Kier alpha value is -1.49. The van der Waals surface area contributed by atoms with Gasteiger partial charge >= 0.3 is 5.97 Å². The average Bonchev–Trinajstić information content (AvgIpc) is 2.27. The second-order valence-corrected chi connectivity index (χ2v) is 4.21. The third-order valence-corrected chi connectivity index (χ3v) is 2.78. The van der Waals surface area contributed by atoms with Gasteiger partial charge in [0, 0.05) is 5.75 Å². The van der Waals surface area contributed by atoms with E-state index in [1.165, 1.54) is 6.92 Å². The van der Waals surface area contributed by atoms with Crippen LogP contribution in [0, 0.1) is 0 Å². The summed E-state index contributed by atoms with van der Waals surface area (Å²) in [6.07, 6.45) is 0. The number of hydrogen-bond acceptors (Lipinski definition) is 3. The van der Waals surface area contributed by atoms with E-state index in [9.17, 15) is 9.59 Å². The number of carboxylic acid groups (broad SMARTS) is 1. The smallest absolute Gasteiger partial charge is 0.325 e. The lowest BCUT2D eigenvalue weighted by molar-refractivity contribution is -0.138. The van der Waals surface area contributed by atoms with Crippen molar-refractivity contribution in [2.45, 2.75) is 18.7 Å². The van der Waals surface area contributed by atoms with Crippen LogP contribution in [0.15, 0.2) is 30.3 Å². The molecule has 0 aliphatic carbocycles. The number of amides is 1. The molecule has 0 radical (unpaired) electrons. The Morgan fingerprint density at radius 3 is 2.56 bits per heavy atom. The number of carbonyl (C=O) groups excluding carboxylic acids is 1. The van der Waals surface area contributed by atoms with Crippen LogP contribution in [0.25, 0.3) is 0 Å². The highest BCUT2D eigenvalue weighted by atomic mass is 32.2. The van der Waals surface area contributed by atoms with Gasteiger partial charge in [0.2, 0.25) is 0 Å². The maximum absolute atomic E-state index is 11.3. The summed E-state index contributed by atoms with van der Waals surface area (Å²) < 4.78 is 0. The molecule has 1 rings (SSSR count). The summed E-state index contributed by atoms with van der Waals surface area (Å²) in [7, 11) is 0. The van der Waals surface area contributed by atoms with E-state index in [4.69, 9.17) is 5.11 Å². The van der Waals surface area contributed by atoms with E-state index >= 15 is 0 Å². The lowest BCUT2D eigenvalue weighted by atomic mass is 10.2. The number of rotatable bonds is 4. The molecule has 0 spiro atoms. The number of hydrogen-bond donors (Lipinski definition) is 2. The van der Waals surface area contributed by atoms with Gasteiger partial charge in [-0.15, -0.1) is 0 Å². The van der Waals surface area contributed by atoms with Crippen molar-refractivity contribution in [3.8, 4) is 0 Å². The molecule has 1 aromatic rings. The number of aliphatic carboxylic acids is 1. The Balaban J connectivity index is 2.33. The quantitative estimate of drug-likeness (QED) is 0.844. The molecule has 1 atom stereocenters. The summed E-state index contributed by atoms with van der Waals surface area (Å²) in [5.74, 6) is -0.493. The number of thioether (sulfide) groups is 1. The minimum absolute atomic E-state index is 0.321. The van der Waals surface area contributed by atoms with Crippen molar-refractivity contribution in [2.24, 2.45) is 0 Å². The van der Waals surface area contributed by atoms with Crippen molar-refractivity contribution in [3.63, 3.8) is 0 Å². The van der Waals surface area contributed by atoms with Crippen LogP contribution in [0.2, 0.25) is 0 Å². The van der Waals surface area contributed by atoms with E-state index in [2.05, 4.69) is 5.32 Å². The van der Waals surface area contributed by atoms with Gasteiger partial charge in [0.25, 0.3) is 5.24 Å². The fraction of sp³-hybridized carbons (Fsp3) is 0.273. The molecule has 5 heteroatoms. The van der Waals surface area contributed by atoms with Crippen LogP contribution in [0.5, 0.6) is 0 Å². The summed E-state index contributed by atoms with van der Waals surface area (Å²) in [6.45, 7) is 1.43. The van der Waals surface area contributed by atoms with E-state index in [1.807, 2.05) is 30.3 Å². The highest BCUT2D eigenvalue weighted by molar-refractivity contribution is 8.12. The maximum Gasteiger partial charge on any atom is 0.325 e. The third kappa shape index (κ3) is 4.35. The monoisotopic (exact) mass is 239 g/mol. The van der Waals surface area contributed by atoms with Crippen molar-refractivity contribution in [1.82, 2.24) is 5.32 Å². The average molecular weight is 239 g/mol. The second kappa shape index (κ2) is 6.17. The largest absolute Gasteiger partial charge is 0.480 e. The molecule has 0 aromatic heterocycles. The summed E-state index contributed by atoms with van der Waals surface area (Å²) in [5.41, 5.74) is 1.03. The number of carbonyl (C=O) groups is 2. The van der Waals surface area contributed by atoms with Crippen molar-refractivity contribution >= 4 is 23.0 Å². The predicted molar refractivity (Wildman–Crippen MR) is 63.4 cm³/mol. The molecule has 0 heterocycles. The zero-order chi connectivity index (χ0) is 12.0. The normalized spacial score (nSPS) is 11.8. The fourth-order valence-corrected chi connectivity index (χ4v) is 1.75. The van der Waals surface area contributed by atoms with Gasteiger partial charge in [0.05, 0.1) is 0 Å². The third-order valence-electron chi connectivity index (χ3n) is 1.92. The van der Waals surface area contributed by atoms with Crippen LogP contribution < -0.4 is 5.32 Å². The molecule has 16 heavy (non-hydrogen) atoms. The highest BCUT2D eigenvalue weighted by Crippen LogP contribution is 2.12. The van der Waals surface area contributed by atoms with Crippen LogP contribution in [0.4, 0.5) is 4.79 Å². The number of benzene rings is 1. The molecule has 0 bridgehead atoms. The molecule has 86 valence electrons. The van der Waals surface area contributed by atoms with Crippen molar-refractivity contribution in [3.05, 3.63) is 35.9 Å². The first-order chi connectivity index (χ1) is 7.59. The SMILES string of the molecule is C[C@@H](NC(=O)SCc1ccccc1)C(=O)O. The zero-order valence-electron chi connectivity index (χ0n) is 8.84. The van der Waals surface area contributed by atoms with Gasteiger partial charge < -0.3 is 10.4 Å². The van der Waals surface area contributed by atoms with E-state index in [-0.39, 0.29) is 5.24 Å². The van der Waals surface area contributed by atoms with Gasteiger partial charge in [-0.25, -0.2) is 0 Å². The van der Waals surface area contributed by atoms with E-state index in [0.29, 0.717) is 5.75 Å².